The molecule has 40 heavy (non-hydrogen) atoms. The lowest BCUT2D eigenvalue weighted by Crippen LogP contribution is -2.38. The molecule has 2 aliphatic rings. The number of sulfonamides is 1. The Morgan fingerprint density at radius 3 is 2.38 bits per heavy atom. The molecule has 3 aromatic rings. The number of anilines is 2. The van der Waals surface area contributed by atoms with Crippen molar-refractivity contribution in [3.63, 3.8) is 0 Å². The highest BCUT2D eigenvalue weighted by Crippen LogP contribution is 2.39. The maximum Gasteiger partial charge on any atom is 0.258 e. The predicted octanol–water partition coefficient (Wildman–Crippen LogP) is 6.09. The molecule has 0 aliphatic heterocycles. The van der Waals surface area contributed by atoms with Crippen molar-refractivity contribution in [1.82, 2.24) is 4.31 Å². The molecule has 0 unspecified atom stereocenters. The summed E-state index contributed by atoms with van der Waals surface area (Å²) in [7, 11) is -0.538. The molecule has 1 heterocycles. The fraction of sp³-hybridized carbons (Fsp3) is 0.400. The number of carbonyl (C=O) groups excluding carboxylic acids is 2. The summed E-state index contributed by atoms with van der Waals surface area (Å²) >= 11 is 1.42. The Bertz CT molecular complexity index is 1490. The van der Waals surface area contributed by atoms with Crippen LogP contribution < -0.4 is 15.4 Å². The van der Waals surface area contributed by atoms with Gasteiger partial charge in [-0.05, 0) is 86.6 Å². The molecule has 0 bridgehead atoms. The minimum Gasteiger partial charge on any atom is -0.497 e. The number of aryl methyl sites for hydroxylation is 1. The van der Waals surface area contributed by atoms with Gasteiger partial charge >= 0.3 is 0 Å². The van der Waals surface area contributed by atoms with E-state index >= 15 is 0 Å². The molecule has 2 amide bonds. The quantitative estimate of drug-likeness (QED) is 0.335. The number of amides is 2. The third-order valence-electron chi connectivity index (χ3n) is 7.84. The van der Waals surface area contributed by atoms with Crippen LogP contribution in [0.2, 0.25) is 0 Å². The lowest BCUT2D eigenvalue weighted by Gasteiger charge is -2.30. The SMILES string of the molecule is COc1ccc(NC(=O)c2c(NC(=O)c3cccc(S(=O)(=O)N(C)C4CCCCC4)c3)sc3c2CCCC3)cc1. The highest BCUT2D eigenvalue weighted by atomic mass is 32.2. The van der Waals surface area contributed by atoms with Crippen molar-refractivity contribution < 1.29 is 22.7 Å². The number of carbonyl (C=O) groups is 2. The standard InChI is InChI=1S/C30H35N3O5S2/c1-33(22-10-4-3-5-11-22)40(36,37)24-12-8-9-20(19-24)28(34)32-30-27(25-13-6-7-14-26(25)39-30)29(35)31-21-15-17-23(38-2)18-16-21/h8-9,12,15-19,22H,3-7,10-11,13-14H2,1-2H3,(H,31,35)(H,32,34). The number of nitrogens with one attached hydrogen (secondary N) is 2. The Morgan fingerprint density at radius 1 is 0.925 bits per heavy atom. The highest BCUT2D eigenvalue weighted by Gasteiger charge is 2.30. The summed E-state index contributed by atoms with van der Waals surface area (Å²) in [6.45, 7) is 0. The van der Waals surface area contributed by atoms with E-state index in [1.165, 1.54) is 27.8 Å². The van der Waals surface area contributed by atoms with Crippen LogP contribution in [0.5, 0.6) is 5.75 Å². The van der Waals surface area contributed by atoms with Gasteiger partial charge < -0.3 is 15.4 Å². The summed E-state index contributed by atoms with van der Waals surface area (Å²) in [5.74, 6) is -0.0483. The van der Waals surface area contributed by atoms with Crippen LogP contribution in [0.15, 0.2) is 53.4 Å². The van der Waals surface area contributed by atoms with Gasteiger partial charge in [-0.25, -0.2) is 8.42 Å². The van der Waals surface area contributed by atoms with Gasteiger partial charge in [0.15, 0.2) is 0 Å². The van der Waals surface area contributed by atoms with Crippen LogP contribution in [-0.2, 0) is 22.9 Å². The normalized spacial score (nSPS) is 15.9. The van der Waals surface area contributed by atoms with E-state index < -0.39 is 15.9 Å². The largest absolute Gasteiger partial charge is 0.497 e. The molecule has 8 nitrogen and oxygen atoms in total. The van der Waals surface area contributed by atoms with Gasteiger partial charge in [-0.15, -0.1) is 11.3 Å². The Balaban J connectivity index is 1.39. The van der Waals surface area contributed by atoms with E-state index in [4.69, 9.17) is 4.74 Å². The number of hydrogen-bond acceptors (Lipinski definition) is 6. The van der Waals surface area contributed by atoms with Crippen LogP contribution in [0.25, 0.3) is 0 Å². The number of ether oxygens (including phenoxy) is 1. The smallest absolute Gasteiger partial charge is 0.258 e. The first kappa shape index (κ1) is 28.3. The molecular weight excluding hydrogens is 546 g/mol. The topological polar surface area (TPSA) is 105 Å². The van der Waals surface area contributed by atoms with Gasteiger partial charge in [0.05, 0.1) is 17.6 Å². The average Bonchev–Trinajstić information content (AvgIpc) is 3.35. The molecule has 0 saturated heterocycles. The van der Waals surface area contributed by atoms with E-state index in [1.807, 2.05) is 0 Å². The molecule has 2 aliphatic carbocycles. The molecule has 2 aromatic carbocycles. The molecule has 0 spiro atoms. The van der Waals surface area contributed by atoms with Gasteiger partial charge in [-0.1, -0.05) is 25.3 Å². The molecule has 0 radical (unpaired) electrons. The van der Waals surface area contributed by atoms with E-state index in [1.54, 1.807) is 50.6 Å². The fourth-order valence-electron chi connectivity index (χ4n) is 5.54. The molecule has 2 N–H and O–H groups in total. The number of benzene rings is 2. The lowest BCUT2D eigenvalue weighted by molar-refractivity contribution is 0.102. The van der Waals surface area contributed by atoms with Gasteiger partial charge in [0.1, 0.15) is 10.8 Å². The third-order valence-corrected chi connectivity index (χ3v) is 10.9. The zero-order valence-corrected chi connectivity index (χ0v) is 24.5. The molecule has 10 heteroatoms. The summed E-state index contributed by atoms with van der Waals surface area (Å²) in [5, 5.41) is 6.36. The number of thiophene rings is 1. The number of methoxy groups -OCH3 is 1. The second kappa shape index (κ2) is 12.1. The van der Waals surface area contributed by atoms with Crippen LogP contribution in [0, 0.1) is 0 Å². The maximum absolute atomic E-state index is 13.5. The van der Waals surface area contributed by atoms with Crippen LogP contribution in [-0.4, -0.2) is 44.7 Å². The first-order chi connectivity index (χ1) is 19.3. The molecule has 5 rings (SSSR count). The first-order valence-corrected chi connectivity index (χ1v) is 16.0. The van der Waals surface area contributed by atoms with E-state index in [0.717, 1.165) is 68.2 Å². The van der Waals surface area contributed by atoms with Gasteiger partial charge in [0, 0.05) is 29.2 Å². The number of rotatable bonds is 8. The van der Waals surface area contributed by atoms with Crippen molar-refractivity contribution >= 4 is 43.9 Å². The zero-order valence-electron chi connectivity index (χ0n) is 22.9. The molecule has 0 atom stereocenters. The number of fused-ring (bicyclic) bond motifs is 1. The van der Waals surface area contributed by atoms with Gasteiger partial charge in [-0.3, -0.25) is 9.59 Å². The first-order valence-electron chi connectivity index (χ1n) is 13.8. The summed E-state index contributed by atoms with van der Waals surface area (Å²) in [6.07, 6.45) is 8.52. The van der Waals surface area contributed by atoms with Crippen molar-refractivity contribution in [2.24, 2.45) is 0 Å². The van der Waals surface area contributed by atoms with Crippen LogP contribution in [0.3, 0.4) is 0 Å². The van der Waals surface area contributed by atoms with Crippen LogP contribution in [0.4, 0.5) is 10.7 Å². The Kier molecular flexibility index (Phi) is 8.58. The Hall–Kier alpha value is -3.21. The second-order valence-electron chi connectivity index (χ2n) is 10.4. The third kappa shape index (κ3) is 5.94. The average molecular weight is 582 g/mol. The molecule has 212 valence electrons. The molecule has 1 aromatic heterocycles. The highest BCUT2D eigenvalue weighted by molar-refractivity contribution is 7.89. The van der Waals surface area contributed by atoms with Gasteiger partial charge in [0.25, 0.3) is 11.8 Å². The maximum atomic E-state index is 13.5. The van der Waals surface area contributed by atoms with Crippen molar-refractivity contribution in [1.29, 1.82) is 0 Å². The van der Waals surface area contributed by atoms with Crippen molar-refractivity contribution in [3.05, 3.63) is 70.1 Å². The van der Waals surface area contributed by atoms with E-state index in [9.17, 15) is 18.0 Å². The zero-order chi connectivity index (χ0) is 28.3. The van der Waals surface area contributed by atoms with E-state index in [2.05, 4.69) is 10.6 Å². The van der Waals surface area contributed by atoms with E-state index in [-0.39, 0.29) is 22.4 Å². The van der Waals surface area contributed by atoms with E-state index in [0.29, 0.717) is 22.0 Å². The van der Waals surface area contributed by atoms with Gasteiger partial charge in [-0.2, -0.15) is 4.31 Å². The Labute approximate surface area is 239 Å². The van der Waals surface area contributed by atoms with Crippen LogP contribution >= 0.6 is 11.3 Å². The molecule has 1 fully saturated rings. The minimum absolute atomic E-state index is 0.0274. The summed E-state index contributed by atoms with van der Waals surface area (Å²) in [4.78, 5) is 28.1. The van der Waals surface area contributed by atoms with Crippen molar-refractivity contribution in [2.75, 3.05) is 24.8 Å². The van der Waals surface area contributed by atoms with Crippen molar-refractivity contribution in [2.45, 2.75) is 68.7 Å². The predicted molar refractivity (Wildman–Crippen MR) is 158 cm³/mol. The van der Waals surface area contributed by atoms with Crippen LogP contribution in [0.1, 0.15) is 76.1 Å². The molecular formula is C30H35N3O5S2. The number of nitrogens with zero attached hydrogens (tertiary/aromatic N) is 1. The lowest BCUT2D eigenvalue weighted by atomic mass is 9.95. The molecule has 1 saturated carbocycles. The fourth-order valence-corrected chi connectivity index (χ4v) is 8.29. The summed E-state index contributed by atoms with van der Waals surface area (Å²) in [5.41, 5.74) is 2.30. The number of hydrogen-bond donors (Lipinski definition) is 2. The second-order valence-corrected chi connectivity index (χ2v) is 13.5. The monoisotopic (exact) mass is 581 g/mol. The summed E-state index contributed by atoms with van der Waals surface area (Å²) in [6, 6.07) is 13.2. The Morgan fingerprint density at radius 2 is 1.65 bits per heavy atom. The summed E-state index contributed by atoms with van der Waals surface area (Å²) < 4.78 is 33.4. The van der Waals surface area contributed by atoms with Gasteiger partial charge in [0.2, 0.25) is 10.0 Å². The van der Waals surface area contributed by atoms with Crippen molar-refractivity contribution in [3.8, 4) is 5.75 Å². The minimum atomic E-state index is -3.75.